The summed E-state index contributed by atoms with van der Waals surface area (Å²) in [5.74, 6) is -0.764. The van der Waals surface area contributed by atoms with Crippen molar-refractivity contribution in [3.63, 3.8) is 0 Å². The molecule has 5 nitrogen and oxygen atoms in total. The van der Waals surface area contributed by atoms with E-state index in [1.165, 1.54) is 0 Å². The first kappa shape index (κ1) is 15.9. The van der Waals surface area contributed by atoms with Gasteiger partial charge in [-0.3, -0.25) is 9.59 Å². The number of thiophene rings is 1. The molecule has 0 spiro atoms. The quantitative estimate of drug-likeness (QED) is 0.487. The molecule has 0 aliphatic carbocycles. The van der Waals surface area contributed by atoms with Crippen molar-refractivity contribution in [1.29, 1.82) is 0 Å². The third kappa shape index (κ3) is 5.14. The Kier molecular flexibility index (Phi) is 5.85. The zero-order valence-electron chi connectivity index (χ0n) is 12.2. The second-order valence-electron chi connectivity index (χ2n) is 4.70. The van der Waals surface area contributed by atoms with E-state index in [1.54, 1.807) is 17.6 Å². The number of rotatable bonds is 6. The van der Waals surface area contributed by atoms with Gasteiger partial charge >= 0.3 is 0 Å². The molecule has 0 atom stereocenters. The summed E-state index contributed by atoms with van der Waals surface area (Å²) in [4.78, 5) is 24.2. The molecule has 0 aliphatic rings. The lowest BCUT2D eigenvalue weighted by atomic mass is 10.2. The molecule has 2 rings (SSSR count). The third-order valence-corrected chi connectivity index (χ3v) is 3.88. The molecule has 1 aromatic heterocycles. The van der Waals surface area contributed by atoms with Gasteiger partial charge in [0.1, 0.15) is 6.42 Å². The van der Waals surface area contributed by atoms with Gasteiger partial charge in [-0.05, 0) is 29.5 Å². The topological polar surface area (TPSA) is 70.6 Å². The summed E-state index contributed by atoms with van der Waals surface area (Å²) >= 11 is 1.54. The van der Waals surface area contributed by atoms with Crippen molar-refractivity contribution in [2.24, 2.45) is 5.10 Å². The summed E-state index contributed by atoms with van der Waals surface area (Å²) in [6.07, 6.45) is 1.34. The van der Waals surface area contributed by atoms with E-state index in [0.29, 0.717) is 6.54 Å². The normalized spacial score (nSPS) is 10.6. The summed E-state index contributed by atoms with van der Waals surface area (Å²) in [6, 6.07) is 11.5. The van der Waals surface area contributed by atoms with Gasteiger partial charge in [-0.1, -0.05) is 30.3 Å². The number of carbonyl (C=O) groups excluding carboxylic acids is 2. The SMILES string of the molecule is Cc1ccsc1C=NNC(=O)CC(=O)NCc1ccccc1. The molecular weight excluding hydrogens is 298 g/mol. The Morgan fingerprint density at radius 2 is 1.95 bits per heavy atom. The highest BCUT2D eigenvalue weighted by Gasteiger charge is 2.08. The maximum atomic E-state index is 11.7. The number of nitrogens with zero attached hydrogens (tertiary/aromatic N) is 1. The second kappa shape index (κ2) is 8.09. The molecule has 2 N–H and O–H groups in total. The van der Waals surface area contributed by atoms with E-state index in [1.807, 2.05) is 48.7 Å². The van der Waals surface area contributed by atoms with E-state index in [4.69, 9.17) is 0 Å². The highest BCUT2D eigenvalue weighted by Crippen LogP contribution is 2.12. The summed E-state index contributed by atoms with van der Waals surface area (Å²) in [6.45, 7) is 2.38. The standard InChI is InChI=1S/C16H17N3O2S/c1-12-7-8-22-14(12)11-18-19-16(21)9-15(20)17-10-13-5-3-2-4-6-13/h2-8,11H,9-10H2,1H3,(H,17,20)(H,19,21). The largest absolute Gasteiger partial charge is 0.352 e. The highest BCUT2D eigenvalue weighted by molar-refractivity contribution is 7.11. The predicted octanol–water partition coefficient (Wildman–Crippen LogP) is 2.21. The van der Waals surface area contributed by atoms with Gasteiger partial charge in [-0.15, -0.1) is 11.3 Å². The Morgan fingerprint density at radius 3 is 2.64 bits per heavy atom. The van der Waals surface area contributed by atoms with Gasteiger partial charge in [-0.25, -0.2) is 5.43 Å². The molecule has 0 fully saturated rings. The molecule has 22 heavy (non-hydrogen) atoms. The molecule has 1 aromatic carbocycles. The first-order valence-corrected chi connectivity index (χ1v) is 7.70. The minimum atomic E-state index is -0.434. The Labute approximate surface area is 133 Å². The molecule has 0 radical (unpaired) electrons. The molecule has 0 saturated heterocycles. The number of hydrogen-bond acceptors (Lipinski definition) is 4. The lowest BCUT2D eigenvalue weighted by molar-refractivity contribution is -0.129. The average molecular weight is 315 g/mol. The van der Waals surface area contributed by atoms with Crippen LogP contribution in [0.4, 0.5) is 0 Å². The molecule has 2 amide bonds. The van der Waals surface area contributed by atoms with Gasteiger partial charge in [0.05, 0.1) is 6.21 Å². The van der Waals surface area contributed by atoms with Crippen LogP contribution in [0.15, 0.2) is 46.9 Å². The van der Waals surface area contributed by atoms with Crippen LogP contribution in [0.2, 0.25) is 0 Å². The number of aryl methyl sites for hydroxylation is 1. The molecule has 0 saturated carbocycles. The summed E-state index contributed by atoms with van der Waals surface area (Å²) in [5.41, 5.74) is 4.44. The smallest absolute Gasteiger partial charge is 0.249 e. The van der Waals surface area contributed by atoms with Crippen LogP contribution in [0.25, 0.3) is 0 Å². The van der Waals surface area contributed by atoms with Crippen LogP contribution in [0.1, 0.15) is 22.4 Å². The molecule has 6 heteroatoms. The van der Waals surface area contributed by atoms with Gasteiger partial charge < -0.3 is 5.32 Å². The molecule has 0 unspecified atom stereocenters. The lowest BCUT2D eigenvalue weighted by Crippen LogP contribution is -2.29. The summed E-state index contributed by atoms with van der Waals surface area (Å²) < 4.78 is 0. The van der Waals surface area contributed by atoms with Crippen LogP contribution in [-0.4, -0.2) is 18.0 Å². The monoisotopic (exact) mass is 315 g/mol. The van der Waals surface area contributed by atoms with Crippen molar-refractivity contribution in [3.05, 3.63) is 57.8 Å². The van der Waals surface area contributed by atoms with Crippen LogP contribution in [-0.2, 0) is 16.1 Å². The zero-order valence-corrected chi connectivity index (χ0v) is 13.0. The van der Waals surface area contributed by atoms with Crippen LogP contribution < -0.4 is 10.7 Å². The van der Waals surface area contributed by atoms with Gasteiger partial charge in [0.2, 0.25) is 11.8 Å². The highest BCUT2D eigenvalue weighted by atomic mass is 32.1. The predicted molar refractivity (Wildman–Crippen MR) is 87.7 cm³/mol. The third-order valence-electron chi connectivity index (χ3n) is 2.93. The average Bonchev–Trinajstić information content (AvgIpc) is 2.92. The number of hydrogen-bond donors (Lipinski definition) is 2. The second-order valence-corrected chi connectivity index (χ2v) is 5.65. The molecule has 1 heterocycles. The molecule has 114 valence electrons. The van der Waals surface area contributed by atoms with Crippen LogP contribution in [0.3, 0.4) is 0 Å². The van der Waals surface area contributed by atoms with Crippen molar-refractivity contribution in [3.8, 4) is 0 Å². The lowest BCUT2D eigenvalue weighted by Gasteiger charge is -2.04. The van der Waals surface area contributed by atoms with Crippen LogP contribution >= 0.6 is 11.3 Å². The number of benzene rings is 1. The number of hydrazone groups is 1. The fraction of sp³-hybridized carbons (Fsp3) is 0.188. The molecule has 2 aromatic rings. The number of carbonyl (C=O) groups is 2. The number of amides is 2. The Hall–Kier alpha value is -2.47. The fourth-order valence-corrected chi connectivity index (χ4v) is 2.51. The Morgan fingerprint density at radius 1 is 1.18 bits per heavy atom. The van der Waals surface area contributed by atoms with Crippen molar-refractivity contribution >= 4 is 29.4 Å². The minimum absolute atomic E-state index is 0.242. The zero-order chi connectivity index (χ0) is 15.8. The van der Waals surface area contributed by atoms with E-state index >= 15 is 0 Å². The fourth-order valence-electron chi connectivity index (χ4n) is 1.72. The number of nitrogens with one attached hydrogen (secondary N) is 2. The maximum Gasteiger partial charge on any atom is 0.249 e. The van der Waals surface area contributed by atoms with Crippen LogP contribution in [0, 0.1) is 6.92 Å². The molecule has 0 bridgehead atoms. The van der Waals surface area contributed by atoms with Gasteiger partial charge in [-0.2, -0.15) is 5.10 Å². The summed E-state index contributed by atoms with van der Waals surface area (Å²) in [7, 11) is 0. The Balaban J connectivity index is 1.71. The minimum Gasteiger partial charge on any atom is -0.352 e. The van der Waals surface area contributed by atoms with Crippen molar-refractivity contribution in [2.75, 3.05) is 0 Å². The van der Waals surface area contributed by atoms with Gasteiger partial charge in [0, 0.05) is 11.4 Å². The Bertz CT molecular complexity index is 665. The van der Waals surface area contributed by atoms with Crippen LogP contribution in [0.5, 0.6) is 0 Å². The summed E-state index contributed by atoms with van der Waals surface area (Å²) in [5, 5.41) is 8.50. The van der Waals surface area contributed by atoms with E-state index in [0.717, 1.165) is 16.0 Å². The first-order valence-electron chi connectivity index (χ1n) is 6.82. The van der Waals surface area contributed by atoms with Crippen molar-refractivity contribution in [2.45, 2.75) is 19.9 Å². The van der Waals surface area contributed by atoms with Crippen molar-refractivity contribution < 1.29 is 9.59 Å². The molecule has 0 aliphatic heterocycles. The van der Waals surface area contributed by atoms with E-state index < -0.39 is 5.91 Å². The van der Waals surface area contributed by atoms with Gasteiger partial charge in [0.15, 0.2) is 0 Å². The first-order chi connectivity index (χ1) is 10.6. The maximum absolute atomic E-state index is 11.7. The van der Waals surface area contributed by atoms with Gasteiger partial charge in [0.25, 0.3) is 0 Å². The molecular formula is C16H17N3O2S. The van der Waals surface area contributed by atoms with E-state index in [2.05, 4.69) is 15.8 Å². The van der Waals surface area contributed by atoms with E-state index in [-0.39, 0.29) is 12.3 Å². The van der Waals surface area contributed by atoms with Crippen molar-refractivity contribution in [1.82, 2.24) is 10.7 Å². The van der Waals surface area contributed by atoms with E-state index in [9.17, 15) is 9.59 Å².